The van der Waals surface area contributed by atoms with Crippen LogP contribution in [0.15, 0.2) is 0 Å². The summed E-state index contributed by atoms with van der Waals surface area (Å²) in [6.45, 7) is 4.60. The minimum Gasteiger partial charge on any atom is -0.306 e. The summed E-state index contributed by atoms with van der Waals surface area (Å²) in [5.41, 5.74) is 0. The maximum absolute atomic E-state index is 2.42. The van der Waals surface area contributed by atoms with Crippen LogP contribution in [0.5, 0.6) is 0 Å². The third-order valence-corrected chi connectivity index (χ3v) is 4.49. The second-order valence-electron chi connectivity index (χ2n) is 6.73. The van der Waals surface area contributed by atoms with Crippen LogP contribution in [0.4, 0.5) is 0 Å². The molecule has 0 heterocycles. The Morgan fingerprint density at radius 1 is 0.550 bits per heavy atom. The van der Waals surface area contributed by atoms with Gasteiger partial charge in [-0.25, -0.2) is 0 Å². The predicted molar refractivity (Wildman–Crippen MR) is 93.5 cm³/mol. The third-order valence-electron chi connectivity index (χ3n) is 4.49. The Balaban J connectivity index is 3.23. The maximum atomic E-state index is 2.42. The smallest absolute Gasteiger partial charge is 0.00890 e. The molecule has 0 aromatic heterocycles. The van der Waals surface area contributed by atoms with E-state index in [1.807, 2.05) is 0 Å². The van der Waals surface area contributed by atoms with E-state index in [4.69, 9.17) is 0 Å². The van der Waals surface area contributed by atoms with Gasteiger partial charge in [0, 0.05) is 6.04 Å². The molecule has 0 aromatic rings. The molecule has 1 heteroatoms. The fraction of sp³-hybridized carbons (Fsp3) is 1.00. The van der Waals surface area contributed by atoms with E-state index in [2.05, 4.69) is 32.8 Å². The van der Waals surface area contributed by atoms with E-state index in [-0.39, 0.29) is 0 Å². The summed E-state index contributed by atoms with van der Waals surface area (Å²) in [5.74, 6) is 0. The van der Waals surface area contributed by atoms with Gasteiger partial charge in [0.25, 0.3) is 0 Å². The molecule has 122 valence electrons. The summed E-state index contributed by atoms with van der Waals surface area (Å²) in [5, 5.41) is 0. The van der Waals surface area contributed by atoms with Crippen molar-refractivity contribution in [1.82, 2.24) is 4.90 Å². The molecule has 0 radical (unpaired) electrons. The van der Waals surface area contributed by atoms with Gasteiger partial charge in [0.2, 0.25) is 0 Å². The van der Waals surface area contributed by atoms with E-state index < -0.39 is 0 Å². The first-order valence-corrected chi connectivity index (χ1v) is 9.38. The molecular weight excluding hydrogens is 242 g/mol. The standard InChI is InChI=1S/C19H41N/c1-5-7-8-9-10-11-12-13-14-15-16-18-19(17-6-2)20(3)4/h19H,5-18H2,1-4H3. The van der Waals surface area contributed by atoms with Crippen molar-refractivity contribution in [3.63, 3.8) is 0 Å². The van der Waals surface area contributed by atoms with Crippen molar-refractivity contribution in [2.24, 2.45) is 0 Å². The Kier molecular flexibility index (Phi) is 15.3. The SMILES string of the molecule is CCCCCCCCCCCCCC(CCC)N(C)C. The van der Waals surface area contributed by atoms with Crippen LogP contribution in [0, 0.1) is 0 Å². The zero-order chi connectivity index (χ0) is 15.1. The van der Waals surface area contributed by atoms with E-state index in [0.29, 0.717) is 0 Å². The number of hydrogen-bond donors (Lipinski definition) is 0. The second kappa shape index (κ2) is 15.4. The molecule has 20 heavy (non-hydrogen) atoms. The first-order valence-electron chi connectivity index (χ1n) is 9.38. The van der Waals surface area contributed by atoms with Crippen LogP contribution in [-0.4, -0.2) is 25.0 Å². The van der Waals surface area contributed by atoms with Crippen molar-refractivity contribution in [3.8, 4) is 0 Å². The number of unbranched alkanes of at least 4 members (excludes halogenated alkanes) is 10. The van der Waals surface area contributed by atoms with Crippen molar-refractivity contribution in [2.45, 2.75) is 110 Å². The van der Waals surface area contributed by atoms with Gasteiger partial charge in [-0.15, -0.1) is 0 Å². The van der Waals surface area contributed by atoms with Gasteiger partial charge < -0.3 is 4.90 Å². The Labute approximate surface area is 129 Å². The molecule has 0 saturated heterocycles. The highest BCUT2D eigenvalue weighted by molar-refractivity contribution is 4.65. The maximum Gasteiger partial charge on any atom is 0.00890 e. The van der Waals surface area contributed by atoms with Gasteiger partial charge in [-0.05, 0) is 26.9 Å². The lowest BCUT2D eigenvalue weighted by atomic mass is 10.0. The third kappa shape index (κ3) is 13.0. The van der Waals surface area contributed by atoms with Crippen molar-refractivity contribution in [3.05, 3.63) is 0 Å². The summed E-state index contributed by atoms with van der Waals surface area (Å²) in [6.07, 6.45) is 20.0. The number of hydrogen-bond acceptors (Lipinski definition) is 1. The molecule has 0 aliphatic rings. The molecule has 0 aliphatic heterocycles. The van der Waals surface area contributed by atoms with Gasteiger partial charge in [-0.1, -0.05) is 90.9 Å². The molecule has 1 atom stereocenters. The zero-order valence-electron chi connectivity index (χ0n) is 14.9. The topological polar surface area (TPSA) is 3.24 Å². The minimum absolute atomic E-state index is 0.818. The predicted octanol–water partition coefficient (Wildman–Crippen LogP) is 6.42. The van der Waals surface area contributed by atoms with Crippen LogP contribution in [0.1, 0.15) is 104 Å². The second-order valence-corrected chi connectivity index (χ2v) is 6.73. The normalized spacial score (nSPS) is 13.1. The van der Waals surface area contributed by atoms with Crippen LogP contribution in [-0.2, 0) is 0 Å². The summed E-state index contributed by atoms with van der Waals surface area (Å²) in [7, 11) is 4.47. The fourth-order valence-electron chi connectivity index (χ4n) is 3.04. The summed E-state index contributed by atoms with van der Waals surface area (Å²) < 4.78 is 0. The highest BCUT2D eigenvalue weighted by Gasteiger charge is 2.08. The average molecular weight is 284 g/mol. The lowest BCUT2D eigenvalue weighted by molar-refractivity contribution is 0.256. The quantitative estimate of drug-likeness (QED) is 0.313. The van der Waals surface area contributed by atoms with Gasteiger partial charge in [0.05, 0.1) is 0 Å². The molecule has 0 aliphatic carbocycles. The minimum atomic E-state index is 0.818. The van der Waals surface area contributed by atoms with Gasteiger partial charge in [0.15, 0.2) is 0 Å². The van der Waals surface area contributed by atoms with Crippen molar-refractivity contribution < 1.29 is 0 Å². The molecular formula is C19H41N. The molecule has 0 aromatic carbocycles. The molecule has 1 nitrogen and oxygen atoms in total. The van der Waals surface area contributed by atoms with E-state index in [9.17, 15) is 0 Å². The van der Waals surface area contributed by atoms with Crippen molar-refractivity contribution in [1.29, 1.82) is 0 Å². The molecule has 0 saturated carbocycles. The van der Waals surface area contributed by atoms with E-state index in [1.165, 1.54) is 89.9 Å². The van der Waals surface area contributed by atoms with Gasteiger partial charge in [-0.2, -0.15) is 0 Å². The molecule has 1 unspecified atom stereocenters. The van der Waals surface area contributed by atoms with E-state index >= 15 is 0 Å². The van der Waals surface area contributed by atoms with Crippen LogP contribution in [0.3, 0.4) is 0 Å². The average Bonchev–Trinajstić information content (AvgIpc) is 2.43. The molecule has 0 bridgehead atoms. The monoisotopic (exact) mass is 283 g/mol. The Morgan fingerprint density at radius 2 is 1.00 bits per heavy atom. The Bertz CT molecular complexity index is 177. The molecule has 0 N–H and O–H groups in total. The lowest BCUT2D eigenvalue weighted by Gasteiger charge is -2.23. The first-order chi connectivity index (χ1) is 9.72. The Morgan fingerprint density at radius 3 is 1.40 bits per heavy atom. The number of rotatable bonds is 15. The lowest BCUT2D eigenvalue weighted by Crippen LogP contribution is -2.27. The summed E-state index contributed by atoms with van der Waals surface area (Å²) >= 11 is 0. The van der Waals surface area contributed by atoms with Crippen LogP contribution >= 0.6 is 0 Å². The van der Waals surface area contributed by atoms with E-state index in [0.717, 1.165) is 6.04 Å². The van der Waals surface area contributed by atoms with Gasteiger partial charge >= 0.3 is 0 Å². The van der Waals surface area contributed by atoms with Gasteiger partial charge in [0.1, 0.15) is 0 Å². The molecule has 0 amide bonds. The fourth-order valence-corrected chi connectivity index (χ4v) is 3.04. The highest BCUT2D eigenvalue weighted by Crippen LogP contribution is 2.15. The number of nitrogens with zero attached hydrogens (tertiary/aromatic N) is 1. The van der Waals surface area contributed by atoms with Crippen molar-refractivity contribution >= 4 is 0 Å². The van der Waals surface area contributed by atoms with Crippen LogP contribution in [0.2, 0.25) is 0 Å². The van der Waals surface area contributed by atoms with Crippen molar-refractivity contribution in [2.75, 3.05) is 14.1 Å². The van der Waals surface area contributed by atoms with Crippen LogP contribution in [0.25, 0.3) is 0 Å². The zero-order valence-corrected chi connectivity index (χ0v) is 14.9. The van der Waals surface area contributed by atoms with E-state index in [1.54, 1.807) is 0 Å². The van der Waals surface area contributed by atoms with Crippen LogP contribution < -0.4 is 0 Å². The molecule has 0 fully saturated rings. The summed E-state index contributed by atoms with van der Waals surface area (Å²) in [6, 6.07) is 0.818. The summed E-state index contributed by atoms with van der Waals surface area (Å²) in [4.78, 5) is 2.42. The highest BCUT2D eigenvalue weighted by atomic mass is 15.1. The molecule has 0 spiro atoms. The first kappa shape index (κ1) is 20.0. The molecule has 0 rings (SSSR count). The van der Waals surface area contributed by atoms with Gasteiger partial charge in [-0.3, -0.25) is 0 Å². The Hall–Kier alpha value is -0.0400. The largest absolute Gasteiger partial charge is 0.306 e.